The molecule has 0 saturated carbocycles. The Morgan fingerprint density at radius 1 is 0.808 bits per heavy atom. The summed E-state index contributed by atoms with van der Waals surface area (Å²) < 4.78 is 6.43. The van der Waals surface area contributed by atoms with Crippen LogP contribution in [-0.4, -0.2) is 15.9 Å². The predicted molar refractivity (Wildman–Crippen MR) is 98.8 cm³/mol. The monoisotopic (exact) mass is 348 g/mol. The first-order chi connectivity index (χ1) is 12.6. The molecule has 3 rings (SSSR count). The van der Waals surface area contributed by atoms with Gasteiger partial charge in [-0.3, -0.25) is 10.1 Å². The zero-order valence-electron chi connectivity index (χ0n) is 13.8. The van der Waals surface area contributed by atoms with E-state index in [2.05, 4.69) is 0 Å². The zero-order valence-corrected chi connectivity index (χ0v) is 13.8. The molecule has 0 N–H and O–H groups in total. The minimum absolute atomic E-state index is 0.00660. The van der Waals surface area contributed by atoms with Gasteiger partial charge in [-0.15, -0.1) is 0 Å². The molecule has 0 bridgehead atoms. The minimum atomic E-state index is -0.451. The van der Waals surface area contributed by atoms with Crippen LogP contribution >= 0.6 is 0 Å². The van der Waals surface area contributed by atoms with Crippen molar-refractivity contribution in [2.24, 2.45) is 0 Å². The van der Waals surface area contributed by atoms with Crippen molar-refractivity contribution in [3.05, 3.63) is 105 Å². The summed E-state index contributed by atoms with van der Waals surface area (Å²) in [6.07, 6.45) is 1.45. The highest BCUT2D eigenvalue weighted by Crippen LogP contribution is 2.28. The summed E-state index contributed by atoms with van der Waals surface area (Å²) in [5.41, 5.74) is 1.52. The van der Waals surface area contributed by atoms with Crippen molar-refractivity contribution >= 4 is 17.6 Å². The lowest BCUT2D eigenvalue weighted by atomic mass is 10.2. The maximum atomic E-state index is 12.5. The molecule has 0 unspecified atom stereocenters. The van der Waals surface area contributed by atoms with Gasteiger partial charge in [0.2, 0.25) is 0 Å². The van der Waals surface area contributed by atoms with Gasteiger partial charge < -0.3 is 9.94 Å². The van der Waals surface area contributed by atoms with Crippen LogP contribution in [-0.2, 0) is 6.61 Å². The van der Waals surface area contributed by atoms with Crippen LogP contribution < -0.4 is 4.74 Å². The van der Waals surface area contributed by atoms with Crippen LogP contribution in [0.3, 0.4) is 0 Å². The first kappa shape index (κ1) is 17.2. The van der Waals surface area contributed by atoms with Gasteiger partial charge in [0, 0.05) is 17.7 Å². The third-order valence-electron chi connectivity index (χ3n) is 3.74. The number of nitrogens with zero attached hydrogens (tertiary/aromatic N) is 2. The molecule has 0 amide bonds. The summed E-state index contributed by atoms with van der Waals surface area (Å²) in [6.45, 7) is -0.00660. The van der Waals surface area contributed by atoms with Gasteiger partial charge in [-0.1, -0.05) is 42.5 Å². The van der Waals surface area contributed by atoms with Gasteiger partial charge in [0.1, 0.15) is 6.61 Å². The van der Waals surface area contributed by atoms with Crippen molar-refractivity contribution in [2.45, 2.75) is 6.61 Å². The van der Waals surface area contributed by atoms with Crippen molar-refractivity contribution in [3.8, 4) is 5.75 Å². The Labute approximate surface area is 150 Å². The van der Waals surface area contributed by atoms with E-state index in [9.17, 15) is 15.3 Å². The Kier molecular flexibility index (Phi) is 5.24. The predicted octanol–water partition coefficient (Wildman–Crippen LogP) is 4.43. The number of nitro benzene ring substituents is 1. The van der Waals surface area contributed by atoms with Crippen molar-refractivity contribution in [2.75, 3.05) is 0 Å². The van der Waals surface area contributed by atoms with Crippen molar-refractivity contribution in [1.82, 2.24) is 0 Å². The zero-order chi connectivity index (χ0) is 18.4. The van der Waals surface area contributed by atoms with Gasteiger partial charge in [0.15, 0.2) is 12.0 Å². The second-order valence-corrected chi connectivity index (χ2v) is 5.51. The van der Waals surface area contributed by atoms with Crippen LogP contribution in [0.15, 0.2) is 78.9 Å². The number of ether oxygens (including phenoxy) is 1. The number of para-hydroxylation sites is 3. The number of nitro groups is 1. The number of hydrogen-bond acceptors (Lipinski definition) is 4. The fourth-order valence-electron chi connectivity index (χ4n) is 2.47. The first-order valence-corrected chi connectivity index (χ1v) is 7.95. The maximum absolute atomic E-state index is 12.5. The molecular formula is C20H16N2O4. The summed E-state index contributed by atoms with van der Waals surface area (Å²) in [6, 6.07) is 22.3. The third-order valence-corrected chi connectivity index (χ3v) is 3.74. The molecular weight excluding hydrogens is 332 g/mol. The fourth-order valence-corrected chi connectivity index (χ4v) is 2.47. The normalized spacial score (nSPS) is 11.2. The maximum Gasteiger partial charge on any atom is 0.276 e. The van der Waals surface area contributed by atoms with Gasteiger partial charge >= 0.3 is 0 Å². The van der Waals surface area contributed by atoms with E-state index >= 15 is 0 Å². The van der Waals surface area contributed by atoms with Crippen LogP contribution in [0.25, 0.3) is 0 Å². The third kappa shape index (κ3) is 4.05. The highest BCUT2D eigenvalue weighted by molar-refractivity contribution is 5.76. The molecule has 3 aromatic carbocycles. The molecule has 0 fully saturated rings. The Balaban J connectivity index is 1.84. The molecule has 0 radical (unpaired) electrons. The Bertz CT molecular complexity index is 939. The lowest BCUT2D eigenvalue weighted by Gasteiger charge is -2.10. The van der Waals surface area contributed by atoms with Gasteiger partial charge in [-0.2, -0.15) is 4.74 Å². The van der Waals surface area contributed by atoms with E-state index in [1.54, 1.807) is 42.5 Å². The molecule has 0 heterocycles. The van der Waals surface area contributed by atoms with E-state index in [4.69, 9.17) is 4.74 Å². The van der Waals surface area contributed by atoms with Crippen LogP contribution in [0.4, 0.5) is 11.4 Å². The highest BCUT2D eigenvalue weighted by Gasteiger charge is 2.15. The van der Waals surface area contributed by atoms with E-state index in [0.717, 1.165) is 10.3 Å². The van der Waals surface area contributed by atoms with Crippen molar-refractivity contribution in [1.29, 1.82) is 0 Å². The Morgan fingerprint density at radius 3 is 2.15 bits per heavy atom. The van der Waals surface area contributed by atoms with Crippen LogP contribution in [0, 0.1) is 15.3 Å². The molecule has 0 aliphatic heterocycles. The van der Waals surface area contributed by atoms with Crippen LogP contribution in [0.1, 0.15) is 11.1 Å². The van der Waals surface area contributed by atoms with Crippen LogP contribution in [0.5, 0.6) is 5.75 Å². The second kappa shape index (κ2) is 7.94. The lowest BCUT2D eigenvalue weighted by molar-refractivity contribution is -0.385. The standard InChI is InChI=1S/C20H16N2O4/c23-21(14-16-8-2-1-3-9-16)19-12-6-7-13-20(19)26-15-17-10-4-5-11-18(17)22(24)25/h1-14H,15H2. The second-order valence-electron chi connectivity index (χ2n) is 5.51. The summed E-state index contributed by atoms with van der Waals surface area (Å²) in [7, 11) is 0. The Hall–Kier alpha value is -3.67. The molecule has 0 spiro atoms. The first-order valence-electron chi connectivity index (χ1n) is 7.95. The molecule has 0 aliphatic carbocycles. The minimum Gasteiger partial charge on any atom is -0.618 e. The smallest absolute Gasteiger partial charge is 0.276 e. The summed E-state index contributed by atoms with van der Waals surface area (Å²) in [5.74, 6) is 0.354. The van der Waals surface area contributed by atoms with E-state index in [1.807, 2.05) is 30.3 Å². The molecule has 6 heteroatoms. The number of rotatable bonds is 6. The summed E-state index contributed by atoms with van der Waals surface area (Å²) in [5, 5.41) is 23.6. The molecule has 26 heavy (non-hydrogen) atoms. The quantitative estimate of drug-likeness (QED) is 0.217. The van der Waals surface area contributed by atoms with E-state index in [1.165, 1.54) is 12.3 Å². The van der Waals surface area contributed by atoms with E-state index in [-0.39, 0.29) is 12.3 Å². The molecule has 0 atom stereocenters. The van der Waals surface area contributed by atoms with Gasteiger partial charge in [0.25, 0.3) is 11.4 Å². The fraction of sp³-hybridized carbons (Fsp3) is 0.0500. The Morgan fingerprint density at radius 2 is 1.42 bits per heavy atom. The molecule has 0 saturated heterocycles. The highest BCUT2D eigenvalue weighted by atomic mass is 16.6. The molecule has 0 aliphatic rings. The molecule has 3 aromatic rings. The largest absolute Gasteiger partial charge is 0.618 e. The lowest BCUT2D eigenvalue weighted by Crippen LogP contribution is -2.04. The summed E-state index contributed by atoms with van der Waals surface area (Å²) >= 11 is 0. The van der Waals surface area contributed by atoms with E-state index in [0.29, 0.717) is 17.0 Å². The van der Waals surface area contributed by atoms with Crippen LogP contribution in [0.2, 0.25) is 0 Å². The summed E-state index contributed by atoms with van der Waals surface area (Å²) in [4.78, 5) is 10.6. The number of benzene rings is 3. The van der Waals surface area contributed by atoms with Crippen molar-refractivity contribution < 1.29 is 14.4 Å². The van der Waals surface area contributed by atoms with Gasteiger partial charge in [-0.05, 0) is 24.3 Å². The van der Waals surface area contributed by atoms with E-state index < -0.39 is 4.92 Å². The molecule has 0 aromatic heterocycles. The topological polar surface area (TPSA) is 78.4 Å². The molecule has 130 valence electrons. The molecule has 6 nitrogen and oxygen atoms in total. The SMILES string of the molecule is O=[N+]([O-])c1ccccc1COc1ccccc1[N+]([O-])=Cc1ccccc1. The number of hydrogen-bond donors (Lipinski definition) is 0. The van der Waals surface area contributed by atoms with Crippen molar-refractivity contribution in [3.63, 3.8) is 0 Å². The average molecular weight is 348 g/mol. The van der Waals surface area contributed by atoms with Gasteiger partial charge in [0.05, 0.1) is 10.5 Å². The van der Waals surface area contributed by atoms with Gasteiger partial charge in [-0.25, -0.2) is 0 Å². The average Bonchev–Trinajstić information content (AvgIpc) is 2.67.